The number of allylic oxidation sites excluding steroid dienone is 1. The molecule has 0 fully saturated rings. The molecule has 0 atom stereocenters. The van der Waals surface area contributed by atoms with Crippen LogP contribution in [-0.4, -0.2) is 20.2 Å². The Morgan fingerprint density at radius 3 is 1.85 bits per heavy atom. The minimum Gasteiger partial charge on any atom is -0.494 e. The Morgan fingerprint density at radius 2 is 1.36 bits per heavy atom. The minimum absolute atomic E-state index is 0.180. The molecule has 0 N–H and O–H groups in total. The van der Waals surface area contributed by atoms with Crippen LogP contribution in [0.2, 0.25) is 0 Å². The second-order valence-electron chi connectivity index (χ2n) is 9.59. The molecule has 2 nitrogen and oxygen atoms in total. The van der Waals surface area contributed by atoms with Crippen molar-refractivity contribution < 1.29 is 22.3 Å². The zero-order valence-electron chi connectivity index (χ0n) is 23.4. The molecule has 3 aromatic rings. The number of hydrogen-bond donors (Lipinski definition) is 0. The normalized spacial score (nSPS) is 11.5. The highest BCUT2D eigenvalue weighted by molar-refractivity contribution is 5.76. The van der Waals surface area contributed by atoms with E-state index in [0.29, 0.717) is 73.4 Å². The lowest BCUT2D eigenvalue weighted by molar-refractivity contribution is -0.137. The fourth-order valence-electron chi connectivity index (χ4n) is 5.10. The molecule has 0 saturated heterocycles. The molecule has 208 valence electrons. The van der Waals surface area contributed by atoms with Crippen LogP contribution in [0, 0.1) is 12.4 Å². The zero-order valence-corrected chi connectivity index (χ0v) is 23.4. The Morgan fingerprint density at radius 1 is 0.821 bits per heavy atom. The lowest BCUT2D eigenvalue weighted by Gasteiger charge is -2.29. The quantitative estimate of drug-likeness (QED) is 0.168. The predicted molar refractivity (Wildman–Crippen MR) is 152 cm³/mol. The average Bonchev–Trinajstić information content (AvgIpc) is 2.93. The first-order chi connectivity index (χ1) is 18.6. The standard InChI is InChI=1S/C33H37F4NO/c1-7-22(5)30-27(8-2)28(9-3)31(34)32(29(30)10-4)38(6)20-11-21-39-26-18-14-24(15-19-26)23-12-16-25(17-13-23)33(35,36)37/h12-19H,7-11,20-21H2,1-4,6H3. The van der Waals surface area contributed by atoms with Gasteiger partial charge in [-0.15, -0.1) is 0 Å². The summed E-state index contributed by atoms with van der Waals surface area (Å²) in [6.07, 6.45) is -1.17. The van der Waals surface area contributed by atoms with Gasteiger partial charge in [-0.25, -0.2) is 4.39 Å². The highest BCUT2D eigenvalue weighted by atomic mass is 19.4. The van der Waals surface area contributed by atoms with Crippen LogP contribution in [0.15, 0.2) is 48.5 Å². The molecule has 0 aliphatic heterocycles. The van der Waals surface area contributed by atoms with Crippen molar-refractivity contribution >= 4 is 11.3 Å². The molecule has 39 heavy (non-hydrogen) atoms. The summed E-state index contributed by atoms with van der Waals surface area (Å²) in [5.74, 6) is 0.481. The SMILES string of the molecule is [C]=C(CC)c1c(CC)c(CC)c(F)c(N(C)CCCOc2ccc(-c3ccc(C(F)(F)F)cc3)cc2)c1CC. The Kier molecular flexibility index (Phi) is 10.2. The largest absolute Gasteiger partial charge is 0.494 e. The van der Waals surface area contributed by atoms with Crippen molar-refractivity contribution in [2.24, 2.45) is 0 Å². The van der Waals surface area contributed by atoms with Crippen molar-refractivity contribution in [3.05, 3.63) is 88.7 Å². The van der Waals surface area contributed by atoms with Gasteiger partial charge in [-0.1, -0.05) is 52.0 Å². The van der Waals surface area contributed by atoms with Gasteiger partial charge in [0, 0.05) is 13.6 Å². The molecular formula is C33H37F4NO. The molecule has 0 aliphatic carbocycles. The van der Waals surface area contributed by atoms with E-state index in [9.17, 15) is 13.2 Å². The van der Waals surface area contributed by atoms with Crippen LogP contribution in [0.4, 0.5) is 23.2 Å². The molecule has 0 spiro atoms. The fraction of sp³-hybridized carbons (Fsp3) is 0.394. The van der Waals surface area contributed by atoms with E-state index in [2.05, 4.69) is 0 Å². The van der Waals surface area contributed by atoms with E-state index in [-0.39, 0.29) is 5.82 Å². The number of anilines is 1. The Bertz CT molecular complexity index is 1260. The first-order valence-corrected chi connectivity index (χ1v) is 13.6. The monoisotopic (exact) mass is 539 g/mol. The minimum atomic E-state index is -4.35. The van der Waals surface area contributed by atoms with Crippen LogP contribution < -0.4 is 9.64 Å². The van der Waals surface area contributed by atoms with E-state index in [1.54, 1.807) is 12.1 Å². The van der Waals surface area contributed by atoms with Gasteiger partial charge in [-0.05, 0) is 102 Å². The Hall–Kier alpha value is -3.28. The number of hydrogen-bond acceptors (Lipinski definition) is 2. The molecular weight excluding hydrogens is 502 g/mol. The molecule has 3 rings (SSSR count). The van der Waals surface area contributed by atoms with Crippen LogP contribution in [0.25, 0.3) is 16.7 Å². The van der Waals surface area contributed by atoms with Gasteiger partial charge in [0.2, 0.25) is 0 Å². The number of ether oxygens (including phenoxy) is 1. The average molecular weight is 540 g/mol. The molecule has 0 aliphatic rings. The molecule has 0 aromatic heterocycles. The smallest absolute Gasteiger partial charge is 0.416 e. The summed E-state index contributed by atoms with van der Waals surface area (Å²) in [6.45, 7) is 17.6. The van der Waals surface area contributed by atoms with Gasteiger partial charge < -0.3 is 9.64 Å². The predicted octanol–water partition coefficient (Wildman–Crippen LogP) is 9.21. The van der Waals surface area contributed by atoms with E-state index in [1.807, 2.05) is 51.8 Å². The number of nitrogens with zero attached hydrogens (tertiary/aromatic N) is 1. The van der Waals surface area contributed by atoms with Crippen LogP contribution in [-0.2, 0) is 25.4 Å². The van der Waals surface area contributed by atoms with Crippen molar-refractivity contribution in [3.8, 4) is 16.9 Å². The van der Waals surface area contributed by atoms with Crippen molar-refractivity contribution in [1.82, 2.24) is 0 Å². The summed E-state index contributed by atoms with van der Waals surface area (Å²) in [5, 5.41) is 0. The van der Waals surface area contributed by atoms with Crippen LogP contribution in [0.3, 0.4) is 0 Å². The van der Waals surface area contributed by atoms with E-state index in [0.717, 1.165) is 34.4 Å². The van der Waals surface area contributed by atoms with Crippen LogP contribution >= 0.6 is 0 Å². The molecule has 0 saturated carbocycles. The first kappa shape index (κ1) is 30.3. The Balaban J connectivity index is 1.68. The summed E-state index contributed by atoms with van der Waals surface area (Å²) < 4.78 is 60.1. The maximum atomic E-state index is 15.8. The van der Waals surface area contributed by atoms with Gasteiger partial charge in [0.05, 0.1) is 17.9 Å². The van der Waals surface area contributed by atoms with Gasteiger partial charge in [-0.2, -0.15) is 13.2 Å². The molecule has 6 heteroatoms. The molecule has 0 amide bonds. The van der Waals surface area contributed by atoms with E-state index >= 15 is 4.39 Å². The topological polar surface area (TPSA) is 12.5 Å². The second-order valence-corrected chi connectivity index (χ2v) is 9.59. The van der Waals surface area contributed by atoms with Crippen molar-refractivity contribution in [2.75, 3.05) is 25.1 Å². The van der Waals surface area contributed by atoms with E-state index < -0.39 is 11.7 Å². The summed E-state index contributed by atoms with van der Waals surface area (Å²) in [5.41, 5.74) is 5.43. The number of halogens is 4. The van der Waals surface area contributed by atoms with Gasteiger partial charge in [0.15, 0.2) is 0 Å². The van der Waals surface area contributed by atoms with Gasteiger partial charge >= 0.3 is 6.18 Å². The zero-order chi connectivity index (χ0) is 28.7. The van der Waals surface area contributed by atoms with Crippen LogP contribution in [0.5, 0.6) is 5.75 Å². The lowest BCUT2D eigenvalue weighted by atomic mass is 9.85. The summed E-state index contributed by atoms with van der Waals surface area (Å²) in [7, 11) is 1.89. The molecule has 2 radical (unpaired) electrons. The number of alkyl halides is 3. The highest BCUT2D eigenvalue weighted by Gasteiger charge is 2.30. The van der Waals surface area contributed by atoms with Crippen LogP contribution in [0.1, 0.15) is 68.4 Å². The maximum absolute atomic E-state index is 15.8. The van der Waals surface area contributed by atoms with Crippen molar-refractivity contribution in [2.45, 2.75) is 66.0 Å². The van der Waals surface area contributed by atoms with Gasteiger partial charge in [0.25, 0.3) is 0 Å². The van der Waals surface area contributed by atoms with Crippen molar-refractivity contribution in [3.63, 3.8) is 0 Å². The fourth-order valence-corrected chi connectivity index (χ4v) is 5.10. The molecule has 0 heterocycles. The third-order valence-corrected chi connectivity index (χ3v) is 7.13. The third kappa shape index (κ3) is 6.84. The molecule has 3 aromatic carbocycles. The number of benzene rings is 3. The molecule has 0 bridgehead atoms. The lowest BCUT2D eigenvalue weighted by Crippen LogP contribution is -2.25. The molecule has 0 unspecified atom stereocenters. The maximum Gasteiger partial charge on any atom is 0.416 e. The van der Waals surface area contributed by atoms with E-state index in [4.69, 9.17) is 11.3 Å². The third-order valence-electron chi connectivity index (χ3n) is 7.13. The summed E-state index contributed by atoms with van der Waals surface area (Å²) in [6, 6.07) is 12.3. The van der Waals surface area contributed by atoms with E-state index in [1.165, 1.54) is 12.1 Å². The van der Waals surface area contributed by atoms with Gasteiger partial charge in [0.1, 0.15) is 11.6 Å². The number of rotatable bonds is 12. The highest BCUT2D eigenvalue weighted by Crippen LogP contribution is 2.38. The Labute approximate surface area is 230 Å². The summed E-state index contributed by atoms with van der Waals surface area (Å²) >= 11 is 0. The summed E-state index contributed by atoms with van der Waals surface area (Å²) in [4.78, 5) is 1.94. The second kappa shape index (κ2) is 13.2. The van der Waals surface area contributed by atoms with Gasteiger partial charge in [-0.3, -0.25) is 0 Å². The first-order valence-electron chi connectivity index (χ1n) is 13.6. The van der Waals surface area contributed by atoms with Crippen molar-refractivity contribution in [1.29, 1.82) is 0 Å².